The lowest BCUT2D eigenvalue weighted by atomic mass is 10.1. The van der Waals surface area contributed by atoms with E-state index >= 15 is 0 Å². The zero-order valence-corrected chi connectivity index (χ0v) is 17.3. The van der Waals surface area contributed by atoms with Crippen LogP contribution in [0.25, 0.3) is 0 Å². The summed E-state index contributed by atoms with van der Waals surface area (Å²) in [7, 11) is -1.51. The summed E-state index contributed by atoms with van der Waals surface area (Å²) in [5, 5.41) is 0.347. The summed E-state index contributed by atoms with van der Waals surface area (Å²) in [6.45, 7) is 14.8. The van der Waals surface area contributed by atoms with E-state index in [0.29, 0.717) is 5.04 Å². The Morgan fingerprint density at radius 3 is 1.77 bits per heavy atom. The number of allylic oxidation sites excluding steroid dienone is 2. The Bertz CT molecular complexity index is 276. The first kappa shape index (κ1) is 21.9. The maximum atomic E-state index is 6.22. The van der Waals surface area contributed by atoms with Crippen molar-refractivity contribution in [3.8, 4) is 0 Å². The Balaban J connectivity index is 3.33. The van der Waals surface area contributed by atoms with Crippen LogP contribution in [0.4, 0.5) is 0 Å². The second kappa shape index (κ2) is 12.4. The van der Waals surface area contributed by atoms with Crippen LogP contribution in [0.3, 0.4) is 0 Å². The Morgan fingerprint density at radius 2 is 1.27 bits per heavy atom. The van der Waals surface area contributed by atoms with Crippen molar-refractivity contribution in [1.82, 2.24) is 0 Å². The molecule has 0 atom stereocenters. The van der Waals surface area contributed by atoms with Crippen LogP contribution in [-0.2, 0) is 4.43 Å². The first-order valence-electron chi connectivity index (χ1n) is 9.60. The quantitative estimate of drug-likeness (QED) is 0.193. The standard InChI is InChI=1S/C20H42OSi/c1-7-8-9-10-11-12-13-14-15-16-17-18-19-21-22(5,6)20(2,3)4/h8-9H,7,10-19H2,1-6H3/b9-8-. The van der Waals surface area contributed by atoms with Crippen LogP contribution in [0.15, 0.2) is 12.2 Å². The van der Waals surface area contributed by atoms with Crippen LogP contribution in [0.5, 0.6) is 0 Å². The summed E-state index contributed by atoms with van der Waals surface area (Å²) in [6, 6.07) is 0. The van der Waals surface area contributed by atoms with Gasteiger partial charge in [0.1, 0.15) is 0 Å². The number of hydrogen-bond acceptors (Lipinski definition) is 1. The highest BCUT2D eigenvalue weighted by Gasteiger charge is 2.36. The van der Waals surface area contributed by atoms with Gasteiger partial charge in [-0.25, -0.2) is 0 Å². The molecule has 0 N–H and O–H groups in total. The number of unbranched alkanes of at least 4 members (excludes halogenated alkanes) is 8. The van der Waals surface area contributed by atoms with E-state index < -0.39 is 8.32 Å². The van der Waals surface area contributed by atoms with E-state index in [-0.39, 0.29) is 0 Å². The minimum absolute atomic E-state index is 0.347. The predicted molar refractivity (Wildman–Crippen MR) is 104 cm³/mol. The lowest BCUT2D eigenvalue weighted by Crippen LogP contribution is -2.40. The highest BCUT2D eigenvalue weighted by molar-refractivity contribution is 6.74. The van der Waals surface area contributed by atoms with E-state index in [4.69, 9.17) is 4.43 Å². The van der Waals surface area contributed by atoms with Gasteiger partial charge >= 0.3 is 0 Å². The fraction of sp³-hybridized carbons (Fsp3) is 0.900. The average molecular weight is 327 g/mol. The molecule has 0 saturated heterocycles. The molecular weight excluding hydrogens is 284 g/mol. The SMILES string of the molecule is CC/C=C\CCCCCCCCCCO[Si](C)(C)C(C)(C)C. The third-order valence-electron chi connectivity index (χ3n) is 4.94. The van der Waals surface area contributed by atoms with Gasteiger partial charge in [0.25, 0.3) is 0 Å². The van der Waals surface area contributed by atoms with Gasteiger partial charge in [-0.1, -0.05) is 78.4 Å². The zero-order chi connectivity index (χ0) is 16.9. The van der Waals surface area contributed by atoms with E-state index in [0.717, 1.165) is 6.61 Å². The molecule has 2 heteroatoms. The molecule has 0 aromatic carbocycles. The molecule has 0 fully saturated rings. The average Bonchev–Trinajstić information content (AvgIpc) is 2.42. The lowest BCUT2D eigenvalue weighted by molar-refractivity contribution is 0.277. The van der Waals surface area contributed by atoms with Gasteiger partial charge in [-0.2, -0.15) is 0 Å². The van der Waals surface area contributed by atoms with E-state index in [1.807, 2.05) is 0 Å². The molecule has 0 aromatic rings. The summed E-state index contributed by atoms with van der Waals surface area (Å²) in [4.78, 5) is 0. The van der Waals surface area contributed by atoms with Crippen LogP contribution in [0.2, 0.25) is 18.1 Å². The number of rotatable bonds is 13. The number of hydrogen-bond donors (Lipinski definition) is 0. The summed E-state index contributed by atoms with van der Waals surface area (Å²) in [6.07, 6.45) is 18.1. The van der Waals surface area contributed by atoms with Crippen molar-refractivity contribution in [2.45, 2.75) is 110 Å². The summed E-state index contributed by atoms with van der Waals surface area (Å²) >= 11 is 0. The second-order valence-corrected chi connectivity index (χ2v) is 12.9. The third kappa shape index (κ3) is 11.5. The van der Waals surface area contributed by atoms with Crippen molar-refractivity contribution in [3.63, 3.8) is 0 Å². The normalized spacial score (nSPS) is 13.2. The van der Waals surface area contributed by atoms with Gasteiger partial charge < -0.3 is 4.43 Å². The van der Waals surface area contributed by atoms with E-state index in [1.54, 1.807) is 0 Å². The highest BCUT2D eigenvalue weighted by atomic mass is 28.4. The molecule has 0 heterocycles. The molecule has 22 heavy (non-hydrogen) atoms. The Labute approximate surface area is 142 Å². The van der Waals surface area contributed by atoms with Crippen LogP contribution in [0.1, 0.15) is 91.9 Å². The maximum absolute atomic E-state index is 6.22. The maximum Gasteiger partial charge on any atom is 0.191 e. The largest absolute Gasteiger partial charge is 0.417 e. The van der Waals surface area contributed by atoms with Crippen molar-refractivity contribution in [2.75, 3.05) is 6.61 Å². The molecule has 0 radical (unpaired) electrons. The molecule has 0 bridgehead atoms. The molecule has 0 saturated carbocycles. The Hall–Kier alpha value is -0.0831. The molecule has 1 nitrogen and oxygen atoms in total. The second-order valence-electron chi connectivity index (χ2n) is 8.11. The fourth-order valence-corrected chi connectivity index (χ4v) is 3.34. The Kier molecular flexibility index (Phi) is 12.3. The van der Waals surface area contributed by atoms with Gasteiger partial charge in [0.15, 0.2) is 8.32 Å². The van der Waals surface area contributed by atoms with Crippen molar-refractivity contribution < 1.29 is 4.43 Å². The van der Waals surface area contributed by atoms with E-state index in [9.17, 15) is 0 Å². The minimum atomic E-state index is -1.51. The summed E-state index contributed by atoms with van der Waals surface area (Å²) in [5.41, 5.74) is 0. The van der Waals surface area contributed by atoms with Gasteiger partial charge in [-0.3, -0.25) is 0 Å². The first-order chi connectivity index (χ1) is 10.3. The van der Waals surface area contributed by atoms with Crippen LogP contribution >= 0.6 is 0 Å². The molecule has 0 spiro atoms. The fourth-order valence-electron chi connectivity index (χ4n) is 2.25. The van der Waals surface area contributed by atoms with E-state index in [2.05, 4.69) is 52.9 Å². The molecular formula is C20H42OSi. The Morgan fingerprint density at radius 1 is 0.773 bits per heavy atom. The summed E-state index contributed by atoms with van der Waals surface area (Å²) in [5.74, 6) is 0. The molecule has 0 unspecified atom stereocenters. The van der Waals surface area contributed by atoms with Crippen molar-refractivity contribution in [3.05, 3.63) is 12.2 Å². The van der Waals surface area contributed by atoms with Crippen LogP contribution in [-0.4, -0.2) is 14.9 Å². The highest BCUT2D eigenvalue weighted by Crippen LogP contribution is 2.36. The summed E-state index contributed by atoms with van der Waals surface area (Å²) < 4.78 is 6.22. The molecule has 0 aromatic heterocycles. The van der Waals surface area contributed by atoms with Crippen molar-refractivity contribution >= 4 is 8.32 Å². The topological polar surface area (TPSA) is 9.23 Å². The van der Waals surface area contributed by atoms with Gasteiger partial charge in [0, 0.05) is 6.61 Å². The van der Waals surface area contributed by atoms with Gasteiger partial charge in [-0.05, 0) is 43.8 Å². The monoisotopic (exact) mass is 326 g/mol. The lowest BCUT2D eigenvalue weighted by Gasteiger charge is -2.36. The zero-order valence-electron chi connectivity index (χ0n) is 16.3. The molecule has 0 rings (SSSR count). The third-order valence-corrected chi connectivity index (χ3v) is 9.47. The van der Waals surface area contributed by atoms with E-state index in [1.165, 1.54) is 64.2 Å². The van der Waals surface area contributed by atoms with Gasteiger partial charge in [0.2, 0.25) is 0 Å². The molecule has 132 valence electrons. The molecule has 0 amide bonds. The van der Waals surface area contributed by atoms with Gasteiger partial charge in [-0.15, -0.1) is 0 Å². The van der Waals surface area contributed by atoms with Crippen molar-refractivity contribution in [1.29, 1.82) is 0 Å². The smallest absolute Gasteiger partial charge is 0.191 e. The van der Waals surface area contributed by atoms with Crippen LogP contribution < -0.4 is 0 Å². The molecule has 0 aliphatic heterocycles. The predicted octanol–water partition coefficient (Wildman–Crippen LogP) is 7.49. The van der Waals surface area contributed by atoms with Crippen molar-refractivity contribution in [2.24, 2.45) is 0 Å². The van der Waals surface area contributed by atoms with Crippen LogP contribution in [0, 0.1) is 0 Å². The first-order valence-corrected chi connectivity index (χ1v) is 12.5. The van der Waals surface area contributed by atoms with Gasteiger partial charge in [0.05, 0.1) is 0 Å². The molecule has 0 aliphatic rings. The minimum Gasteiger partial charge on any atom is -0.417 e. The molecule has 0 aliphatic carbocycles.